The number of halogens is 1. The predicted molar refractivity (Wildman–Crippen MR) is 185 cm³/mol. The van der Waals surface area contributed by atoms with Crippen LogP contribution in [-0.4, -0.2) is 90.2 Å². The Hall–Kier alpha value is -3.71. The van der Waals surface area contributed by atoms with Crippen LogP contribution in [0.4, 0.5) is 4.79 Å². The monoisotopic (exact) mass is 702 g/mol. The van der Waals surface area contributed by atoms with Crippen LogP contribution >= 0.6 is 11.6 Å². The molecular formula is C35H51ClN6O7. The first-order chi connectivity index (χ1) is 22.8. The van der Waals surface area contributed by atoms with Crippen molar-refractivity contribution in [2.75, 3.05) is 20.3 Å². The number of carbonyl (C=O) groups excluding carboxylic acids is 5. The minimum absolute atomic E-state index is 0.0152. The number of methoxy groups -OCH3 is 1. The van der Waals surface area contributed by atoms with E-state index in [-0.39, 0.29) is 49.8 Å². The zero-order chi connectivity index (χ0) is 36.3. The number of ketones is 1. The topological polar surface area (TPSA) is 182 Å². The molecule has 2 aliphatic heterocycles. The van der Waals surface area contributed by atoms with E-state index >= 15 is 0 Å². The van der Waals surface area contributed by atoms with Gasteiger partial charge in [-0.3, -0.25) is 19.2 Å². The van der Waals surface area contributed by atoms with Gasteiger partial charge in [0.05, 0.1) is 30.9 Å². The molecule has 2 heterocycles. The Morgan fingerprint density at radius 3 is 2.33 bits per heavy atom. The number of carbonyl (C=O) groups is 5. The molecule has 5 N–H and O–H groups in total. The number of amides is 5. The second-order valence-electron chi connectivity index (χ2n) is 15.8. The molecule has 49 heavy (non-hydrogen) atoms. The van der Waals surface area contributed by atoms with Gasteiger partial charge in [0.1, 0.15) is 12.1 Å². The summed E-state index contributed by atoms with van der Waals surface area (Å²) in [4.78, 5) is 74.3. The number of Topliss-reactive ketones (excluding diaryl/α,β-unsaturated/α-hetero) is 1. The average molecular weight is 703 g/mol. The quantitative estimate of drug-likeness (QED) is 0.241. The number of primary amides is 1. The summed E-state index contributed by atoms with van der Waals surface area (Å²) in [5, 5.41) is 13.4. The highest BCUT2D eigenvalue weighted by Crippen LogP contribution is 2.40. The van der Waals surface area contributed by atoms with Gasteiger partial charge < -0.3 is 36.2 Å². The van der Waals surface area contributed by atoms with E-state index in [0.29, 0.717) is 10.7 Å². The molecule has 1 aliphatic carbocycles. The SMILES string of the molecule is COC[C@@H](NC(=O)N[C@H](C(=O)N1C[C@@]2(CC(c3cccc(Cl)c3)=NO2)C[C@H]1C(=O)NC(CC1CCC1)C(=O)C(N)=O)C(C)(C)C)C(C)(C)C. The number of benzene rings is 1. The molecule has 13 nitrogen and oxygen atoms in total. The maximum Gasteiger partial charge on any atom is 0.315 e. The molecule has 0 radical (unpaired) electrons. The molecule has 1 aromatic carbocycles. The molecule has 270 valence electrons. The Bertz CT molecular complexity index is 1470. The number of hydrogen-bond acceptors (Lipinski definition) is 8. The molecular weight excluding hydrogens is 652 g/mol. The lowest BCUT2D eigenvalue weighted by atomic mass is 9.80. The van der Waals surface area contributed by atoms with E-state index in [1.165, 1.54) is 4.90 Å². The van der Waals surface area contributed by atoms with Crippen molar-refractivity contribution in [2.24, 2.45) is 27.6 Å². The van der Waals surface area contributed by atoms with E-state index in [1.807, 2.05) is 47.6 Å². The van der Waals surface area contributed by atoms with Crippen molar-refractivity contribution in [3.63, 3.8) is 0 Å². The summed E-state index contributed by atoms with van der Waals surface area (Å²) in [6.45, 7) is 11.6. The standard InChI is InChI=1S/C35H51ClN6O7/c1-33(2,3)26(18-48-7)39-32(47)40-28(34(4,5)6)31(46)42-19-35(16-24(41-49-35)21-12-9-13-22(36)15-21)17-25(42)30(45)38-23(27(43)29(37)44)14-20-10-8-11-20/h9,12-13,15,20,23,25-26,28H,8,10-11,14,16-19H2,1-7H3,(H2,37,44)(H,38,45)(H2,39,40,47)/t23?,25-,26+,28+,35+/m0/s1. The van der Waals surface area contributed by atoms with E-state index in [4.69, 9.17) is 26.9 Å². The zero-order valence-electron chi connectivity index (χ0n) is 29.6. The van der Waals surface area contributed by atoms with Crippen LogP contribution in [0.1, 0.15) is 85.6 Å². The van der Waals surface area contributed by atoms with Crippen LogP contribution in [0.2, 0.25) is 5.02 Å². The Balaban J connectivity index is 1.63. The summed E-state index contributed by atoms with van der Waals surface area (Å²) in [7, 11) is 1.55. The van der Waals surface area contributed by atoms with Crippen LogP contribution in [0.25, 0.3) is 0 Å². The fourth-order valence-corrected chi connectivity index (χ4v) is 6.70. The molecule has 1 unspecified atom stereocenters. The van der Waals surface area contributed by atoms with Crippen molar-refractivity contribution in [2.45, 2.75) is 110 Å². The first-order valence-corrected chi connectivity index (χ1v) is 17.2. The van der Waals surface area contributed by atoms with Gasteiger partial charge >= 0.3 is 6.03 Å². The lowest BCUT2D eigenvalue weighted by Gasteiger charge is -2.37. The van der Waals surface area contributed by atoms with Gasteiger partial charge in [0, 0.05) is 30.5 Å². The summed E-state index contributed by atoms with van der Waals surface area (Å²) in [6, 6.07) is 2.96. The predicted octanol–water partition coefficient (Wildman–Crippen LogP) is 3.31. The maximum atomic E-state index is 14.6. The van der Waals surface area contributed by atoms with E-state index in [2.05, 4.69) is 21.1 Å². The molecule has 4 rings (SSSR count). The van der Waals surface area contributed by atoms with Crippen molar-refractivity contribution < 1.29 is 33.5 Å². The van der Waals surface area contributed by atoms with Crippen molar-refractivity contribution in [3.8, 4) is 0 Å². The van der Waals surface area contributed by atoms with Gasteiger partial charge in [0.25, 0.3) is 5.91 Å². The lowest BCUT2D eigenvalue weighted by molar-refractivity contribution is -0.143. The Morgan fingerprint density at radius 1 is 1.08 bits per heavy atom. The van der Waals surface area contributed by atoms with Gasteiger partial charge in [-0.25, -0.2) is 4.79 Å². The van der Waals surface area contributed by atoms with Gasteiger partial charge in [-0.15, -0.1) is 0 Å². The van der Waals surface area contributed by atoms with Crippen molar-refractivity contribution in [3.05, 3.63) is 34.9 Å². The van der Waals surface area contributed by atoms with Gasteiger partial charge in [-0.2, -0.15) is 0 Å². The molecule has 1 spiro atoms. The lowest BCUT2D eigenvalue weighted by Crippen LogP contribution is -2.61. The minimum atomic E-state index is -1.14. The molecule has 5 amide bonds. The Kier molecular flexibility index (Phi) is 11.7. The van der Waals surface area contributed by atoms with Crippen LogP contribution in [0, 0.1) is 16.7 Å². The number of rotatable bonds is 12. The van der Waals surface area contributed by atoms with Gasteiger partial charge in [0.15, 0.2) is 5.60 Å². The summed E-state index contributed by atoms with van der Waals surface area (Å²) < 4.78 is 5.32. The summed E-state index contributed by atoms with van der Waals surface area (Å²) in [5.74, 6) is -2.96. The van der Waals surface area contributed by atoms with E-state index < -0.39 is 58.7 Å². The summed E-state index contributed by atoms with van der Waals surface area (Å²) in [6.07, 6.45) is 3.39. The third kappa shape index (κ3) is 9.30. The number of hydrogen-bond donors (Lipinski definition) is 4. The molecule has 14 heteroatoms. The molecule has 2 fully saturated rings. The molecule has 1 saturated heterocycles. The number of likely N-dealkylation sites (tertiary alicyclic amines) is 1. The molecule has 3 aliphatic rings. The van der Waals surface area contributed by atoms with Crippen LogP contribution in [0.5, 0.6) is 0 Å². The van der Waals surface area contributed by atoms with Crippen molar-refractivity contribution in [1.82, 2.24) is 20.9 Å². The highest BCUT2D eigenvalue weighted by molar-refractivity contribution is 6.37. The smallest absolute Gasteiger partial charge is 0.315 e. The van der Waals surface area contributed by atoms with Gasteiger partial charge in [-0.05, 0) is 35.3 Å². The largest absolute Gasteiger partial charge is 0.387 e. The number of nitrogens with one attached hydrogen (secondary N) is 3. The molecule has 1 saturated carbocycles. The van der Waals surface area contributed by atoms with E-state index in [9.17, 15) is 24.0 Å². The molecule has 0 aromatic heterocycles. The second-order valence-corrected chi connectivity index (χ2v) is 16.2. The van der Waals surface area contributed by atoms with E-state index in [1.54, 1.807) is 25.3 Å². The second kappa shape index (κ2) is 15.0. The Labute approximate surface area is 293 Å². The van der Waals surface area contributed by atoms with Crippen LogP contribution in [0.15, 0.2) is 29.4 Å². The fourth-order valence-electron chi connectivity index (χ4n) is 6.51. The van der Waals surface area contributed by atoms with Crippen molar-refractivity contribution in [1.29, 1.82) is 0 Å². The third-order valence-corrected chi connectivity index (χ3v) is 9.96. The van der Waals surface area contributed by atoms with Crippen LogP contribution < -0.4 is 21.7 Å². The highest BCUT2D eigenvalue weighted by Gasteiger charge is 2.56. The first kappa shape index (κ1) is 38.1. The number of oxime groups is 1. The number of nitrogens with two attached hydrogens (primary N) is 1. The number of ether oxygens (including phenoxy) is 1. The third-order valence-electron chi connectivity index (χ3n) is 9.72. The van der Waals surface area contributed by atoms with Gasteiger partial charge in [0.2, 0.25) is 17.6 Å². The van der Waals surface area contributed by atoms with Gasteiger partial charge in [-0.1, -0.05) is 89.7 Å². The molecule has 5 atom stereocenters. The minimum Gasteiger partial charge on any atom is -0.387 e. The normalized spacial score (nSPS) is 22.7. The maximum absolute atomic E-state index is 14.6. The average Bonchev–Trinajstić information content (AvgIpc) is 3.58. The number of urea groups is 1. The summed E-state index contributed by atoms with van der Waals surface area (Å²) >= 11 is 6.23. The van der Waals surface area contributed by atoms with E-state index in [0.717, 1.165) is 24.8 Å². The first-order valence-electron chi connectivity index (χ1n) is 16.8. The zero-order valence-corrected chi connectivity index (χ0v) is 30.3. The highest BCUT2D eigenvalue weighted by atomic mass is 35.5. The molecule has 1 aromatic rings. The van der Waals surface area contributed by atoms with Crippen LogP contribution in [-0.2, 0) is 28.8 Å². The number of nitrogens with zero attached hydrogens (tertiary/aromatic N) is 2. The fraction of sp³-hybridized carbons (Fsp3) is 0.657. The van der Waals surface area contributed by atoms with Crippen LogP contribution in [0.3, 0.4) is 0 Å². The van der Waals surface area contributed by atoms with Crippen molar-refractivity contribution >= 4 is 46.8 Å². The molecule has 0 bridgehead atoms. The Morgan fingerprint density at radius 2 is 1.78 bits per heavy atom. The summed E-state index contributed by atoms with van der Waals surface area (Å²) in [5.41, 5.74) is 4.54.